The van der Waals surface area contributed by atoms with Gasteiger partial charge in [-0.2, -0.15) is 0 Å². The predicted molar refractivity (Wildman–Crippen MR) is 78.3 cm³/mol. The lowest BCUT2D eigenvalue weighted by molar-refractivity contribution is -0.144. The molecule has 0 aliphatic carbocycles. The average molecular weight is 284 g/mol. The molecule has 4 heteroatoms. The van der Waals surface area contributed by atoms with E-state index < -0.39 is 0 Å². The lowest BCUT2D eigenvalue weighted by Crippen LogP contribution is -2.43. The van der Waals surface area contributed by atoms with E-state index in [1.807, 2.05) is 38.1 Å². The van der Waals surface area contributed by atoms with E-state index in [2.05, 4.69) is 12.2 Å². The normalized spacial score (nSPS) is 15.6. The van der Waals surface area contributed by atoms with Crippen LogP contribution in [0.1, 0.15) is 38.8 Å². The molecule has 1 aromatic rings. The molecule has 1 rings (SSSR count). The Morgan fingerprint density at radius 2 is 2.00 bits per heavy atom. The fraction of sp³-hybridized carbons (Fsp3) is 0.533. The third-order valence-corrected chi connectivity index (χ3v) is 3.81. The fourth-order valence-electron chi connectivity index (χ4n) is 2.01. The number of rotatable bonds is 6. The minimum atomic E-state index is -0.318. The highest BCUT2D eigenvalue weighted by atomic mass is 35.5. The van der Waals surface area contributed by atoms with Gasteiger partial charge in [-0.3, -0.25) is 10.1 Å². The molecule has 0 heterocycles. The summed E-state index contributed by atoms with van der Waals surface area (Å²) in [6.45, 7) is 6.09. The summed E-state index contributed by atoms with van der Waals surface area (Å²) in [4.78, 5) is 11.8. The minimum absolute atomic E-state index is 0.00759. The molecule has 0 amide bonds. The average Bonchev–Trinajstić information content (AvgIpc) is 2.43. The molecule has 0 radical (unpaired) electrons. The summed E-state index contributed by atoms with van der Waals surface area (Å²) in [5.74, 6) is -0.0226. The predicted octanol–water partition coefficient (Wildman–Crippen LogP) is 3.58. The number of ether oxygens (including phenoxy) is 1. The number of carbonyl (C=O) groups is 1. The van der Waals surface area contributed by atoms with Crippen molar-refractivity contribution in [1.29, 1.82) is 0 Å². The molecule has 0 saturated heterocycles. The summed E-state index contributed by atoms with van der Waals surface area (Å²) < 4.78 is 4.87. The fourth-order valence-corrected chi connectivity index (χ4v) is 2.31. The Morgan fingerprint density at radius 3 is 2.53 bits per heavy atom. The SMILES string of the molecule is CCC(C)C(NC(C)c1ccccc1Cl)C(=O)OC. The highest BCUT2D eigenvalue weighted by Crippen LogP contribution is 2.24. The summed E-state index contributed by atoms with van der Waals surface area (Å²) in [7, 11) is 1.42. The topological polar surface area (TPSA) is 38.3 Å². The molecule has 3 atom stereocenters. The molecule has 3 unspecified atom stereocenters. The van der Waals surface area contributed by atoms with Gasteiger partial charge in [-0.25, -0.2) is 0 Å². The molecular formula is C15H22ClNO2. The van der Waals surface area contributed by atoms with Gasteiger partial charge in [0.25, 0.3) is 0 Å². The van der Waals surface area contributed by atoms with Crippen molar-refractivity contribution in [2.45, 2.75) is 39.3 Å². The van der Waals surface area contributed by atoms with Crippen LogP contribution in [0.3, 0.4) is 0 Å². The molecule has 0 aliphatic rings. The van der Waals surface area contributed by atoms with Crippen LogP contribution in [0.15, 0.2) is 24.3 Å². The van der Waals surface area contributed by atoms with Crippen LogP contribution in [0.25, 0.3) is 0 Å². The zero-order chi connectivity index (χ0) is 14.4. The van der Waals surface area contributed by atoms with Crippen molar-refractivity contribution in [3.05, 3.63) is 34.9 Å². The number of benzene rings is 1. The first-order valence-corrected chi connectivity index (χ1v) is 6.97. The van der Waals surface area contributed by atoms with Gasteiger partial charge in [-0.05, 0) is 24.5 Å². The summed E-state index contributed by atoms with van der Waals surface area (Å²) in [6.07, 6.45) is 0.905. The quantitative estimate of drug-likeness (QED) is 0.811. The van der Waals surface area contributed by atoms with Crippen LogP contribution >= 0.6 is 11.6 Å². The molecule has 3 nitrogen and oxygen atoms in total. The van der Waals surface area contributed by atoms with Gasteiger partial charge in [0.1, 0.15) is 6.04 Å². The van der Waals surface area contributed by atoms with Crippen LogP contribution in [-0.4, -0.2) is 19.1 Å². The summed E-state index contributed by atoms with van der Waals surface area (Å²) in [6, 6.07) is 7.32. The van der Waals surface area contributed by atoms with Crippen LogP contribution in [0.2, 0.25) is 5.02 Å². The second-order valence-corrected chi connectivity index (χ2v) is 5.20. The molecular weight excluding hydrogens is 262 g/mol. The maximum absolute atomic E-state index is 11.8. The molecule has 0 fully saturated rings. The van der Waals surface area contributed by atoms with Crippen LogP contribution < -0.4 is 5.32 Å². The van der Waals surface area contributed by atoms with E-state index in [1.54, 1.807) is 0 Å². The largest absolute Gasteiger partial charge is 0.468 e. The molecule has 0 bridgehead atoms. The van der Waals surface area contributed by atoms with Crippen LogP contribution in [0.4, 0.5) is 0 Å². The Hall–Kier alpha value is -1.06. The van der Waals surface area contributed by atoms with E-state index >= 15 is 0 Å². The Balaban J connectivity index is 2.85. The standard InChI is InChI=1S/C15H22ClNO2/c1-5-10(2)14(15(18)19-4)17-11(3)12-8-6-7-9-13(12)16/h6-11,14,17H,5H2,1-4H3. The van der Waals surface area contributed by atoms with E-state index in [4.69, 9.17) is 16.3 Å². The molecule has 0 aliphatic heterocycles. The number of carbonyl (C=O) groups excluding carboxylic acids is 1. The number of hydrogen-bond acceptors (Lipinski definition) is 3. The lowest BCUT2D eigenvalue weighted by Gasteiger charge is -2.26. The summed E-state index contributed by atoms with van der Waals surface area (Å²) in [5.41, 5.74) is 0.987. The van der Waals surface area contributed by atoms with Crippen LogP contribution in [0, 0.1) is 5.92 Å². The van der Waals surface area contributed by atoms with Crippen molar-refractivity contribution >= 4 is 17.6 Å². The smallest absolute Gasteiger partial charge is 0.323 e. The minimum Gasteiger partial charge on any atom is -0.468 e. The van der Waals surface area contributed by atoms with Crippen LogP contribution in [-0.2, 0) is 9.53 Å². The molecule has 0 aromatic heterocycles. The second-order valence-electron chi connectivity index (χ2n) is 4.80. The van der Waals surface area contributed by atoms with E-state index in [9.17, 15) is 4.79 Å². The first kappa shape index (κ1) is 16.0. The number of methoxy groups -OCH3 is 1. The van der Waals surface area contributed by atoms with Gasteiger partial charge in [0, 0.05) is 11.1 Å². The molecule has 106 valence electrons. The van der Waals surface area contributed by atoms with Crippen molar-refractivity contribution in [1.82, 2.24) is 5.32 Å². The van der Waals surface area contributed by atoms with Crippen molar-refractivity contribution < 1.29 is 9.53 Å². The molecule has 0 saturated carbocycles. The molecule has 1 N–H and O–H groups in total. The monoisotopic (exact) mass is 283 g/mol. The Morgan fingerprint density at radius 1 is 1.37 bits per heavy atom. The molecule has 0 spiro atoms. The second kappa shape index (κ2) is 7.51. The Bertz CT molecular complexity index is 422. The van der Waals surface area contributed by atoms with Gasteiger partial charge in [-0.1, -0.05) is 50.1 Å². The number of nitrogens with one attached hydrogen (secondary N) is 1. The highest BCUT2D eigenvalue weighted by molar-refractivity contribution is 6.31. The lowest BCUT2D eigenvalue weighted by atomic mass is 9.97. The van der Waals surface area contributed by atoms with Gasteiger partial charge < -0.3 is 4.74 Å². The van der Waals surface area contributed by atoms with Gasteiger partial charge in [0.15, 0.2) is 0 Å². The first-order chi connectivity index (χ1) is 9.01. The molecule has 19 heavy (non-hydrogen) atoms. The first-order valence-electron chi connectivity index (χ1n) is 6.59. The maximum Gasteiger partial charge on any atom is 0.323 e. The number of esters is 1. The van der Waals surface area contributed by atoms with Gasteiger partial charge in [0.05, 0.1) is 7.11 Å². The zero-order valence-electron chi connectivity index (χ0n) is 11.9. The van der Waals surface area contributed by atoms with E-state index in [1.165, 1.54) is 7.11 Å². The van der Waals surface area contributed by atoms with Crippen LogP contribution in [0.5, 0.6) is 0 Å². The van der Waals surface area contributed by atoms with Gasteiger partial charge in [0.2, 0.25) is 0 Å². The van der Waals surface area contributed by atoms with E-state index in [-0.39, 0.29) is 24.0 Å². The molecule has 1 aromatic carbocycles. The maximum atomic E-state index is 11.8. The summed E-state index contributed by atoms with van der Waals surface area (Å²) >= 11 is 6.17. The van der Waals surface area contributed by atoms with Crippen molar-refractivity contribution in [2.24, 2.45) is 5.92 Å². The highest BCUT2D eigenvalue weighted by Gasteiger charge is 2.26. The Kier molecular flexibility index (Phi) is 6.32. The van der Waals surface area contributed by atoms with Crippen molar-refractivity contribution in [3.63, 3.8) is 0 Å². The third-order valence-electron chi connectivity index (χ3n) is 3.47. The van der Waals surface area contributed by atoms with Crippen molar-refractivity contribution in [3.8, 4) is 0 Å². The zero-order valence-corrected chi connectivity index (χ0v) is 12.7. The third kappa shape index (κ3) is 4.22. The van der Waals surface area contributed by atoms with Crippen molar-refractivity contribution in [2.75, 3.05) is 7.11 Å². The number of halogens is 1. The van der Waals surface area contributed by atoms with E-state index in [0.29, 0.717) is 5.02 Å². The van der Waals surface area contributed by atoms with E-state index in [0.717, 1.165) is 12.0 Å². The summed E-state index contributed by atoms with van der Waals surface area (Å²) in [5, 5.41) is 4.02. The van der Waals surface area contributed by atoms with Gasteiger partial charge >= 0.3 is 5.97 Å². The number of hydrogen-bond donors (Lipinski definition) is 1. The Labute approximate surface area is 120 Å². The van der Waals surface area contributed by atoms with Gasteiger partial charge in [-0.15, -0.1) is 0 Å².